The number of benzene rings is 2. The van der Waals surface area contributed by atoms with Crippen molar-refractivity contribution in [3.8, 4) is 5.75 Å². The standard InChI is InChI=1S/C23H26F2N2O3/c1-29-14-22(28)27-15-23(18-12-17(30-2)4-6-21(18)27)7-9-26(10-8-23)13-16-3-5-19(24)20(25)11-16/h3-6,11-12H,7-10,13-15H2,1-2H3. The molecule has 1 fully saturated rings. The quantitative estimate of drug-likeness (QED) is 0.748. The zero-order valence-corrected chi connectivity index (χ0v) is 17.3. The Morgan fingerprint density at radius 3 is 2.50 bits per heavy atom. The van der Waals surface area contributed by atoms with Crippen LogP contribution in [0.5, 0.6) is 5.75 Å². The number of piperidine rings is 1. The van der Waals surface area contributed by atoms with E-state index in [0.717, 1.165) is 48.5 Å². The van der Waals surface area contributed by atoms with Gasteiger partial charge in [0.1, 0.15) is 12.4 Å². The first kappa shape index (κ1) is 20.8. The number of hydrogen-bond donors (Lipinski definition) is 0. The van der Waals surface area contributed by atoms with E-state index in [0.29, 0.717) is 13.1 Å². The Balaban J connectivity index is 1.53. The molecule has 1 spiro atoms. The topological polar surface area (TPSA) is 42.0 Å². The van der Waals surface area contributed by atoms with Crippen molar-refractivity contribution in [2.24, 2.45) is 0 Å². The summed E-state index contributed by atoms with van der Waals surface area (Å²) in [5.74, 6) is -0.915. The van der Waals surface area contributed by atoms with Gasteiger partial charge >= 0.3 is 0 Å². The summed E-state index contributed by atoms with van der Waals surface area (Å²) in [5.41, 5.74) is 2.68. The molecule has 0 aromatic heterocycles. The van der Waals surface area contributed by atoms with Gasteiger partial charge in [0.05, 0.1) is 7.11 Å². The van der Waals surface area contributed by atoms with Crippen LogP contribution in [-0.2, 0) is 21.5 Å². The van der Waals surface area contributed by atoms with Crippen LogP contribution in [0.15, 0.2) is 36.4 Å². The van der Waals surface area contributed by atoms with E-state index in [4.69, 9.17) is 9.47 Å². The molecular weight excluding hydrogens is 390 g/mol. The van der Waals surface area contributed by atoms with Crippen LogP contribution in [0.2, 0.25) is 0 Å². The van der Waals surface area contributed by atoms with Crippen molar-refractivity contribution in [1.82, 2.24) is 4.90 Å². The van der Waals surface area contributed by atoms with Gasteiger partial charge in [0.15, 0.2) is 11.6 Å². The molecule has 1 amide bonds. The Kier molecular flexibility index (Phi) is 5.75. The van der Waals surface area contributed by atoms with E-state index in [-0.39, 0.29) is 17.9 Å². The maximum absolute atomic E-state index is 13.5. The predicted molar refractivity (Wildman–Crippen MR) is 110 cm³/mol. The van der Waals surface area contributed by atoms with E-state index in [9.17, 15) is 13.6 Å². The van der Waals surface area contributed by atoms with E-state index in [1.807, 2.05) is 23.1 Å². The lowest BCUT2D eigenvalue weighted by molar-refractivity contribution is -0.122. The smallest absolute Gasteiger partial charge is 0.252 e. The number of carbonyl (C=O) groups excluding carboxylic acids is 1. The lowest BCUT2D eigenvalue weighted by Gasteiger charge is -2.40. The number of amides is 1. The molecule has 2 aromatic carbocycles. The molecule has 4 rings (SSSR count). The summed E-state index contributed by atoms with van der Waals surface area (Å²) in [6, 6.07) is 9.94. The largest absolute Gasteiger partial charge is 0.497 e. The van der Waals surface area contributed by atoms with Crippen molar-refractivity contribution < 1.29 is 23.0 Å². The number of anilines is 1. The van der Waals surface area contributed by atoms with Crippen LogP contribution < -0.4 is 9.64 Å². The second-order valence-corrected chi connectivity index (χ2v) is 8.10. The Bertz CT molecular complexity index is 942. The first-order chi connectivity index (χ1) is 14.5. The molecule has 160 valence electrons. The maximum Gasteiger partial charge on any atom is 0.252 e. The lowest BCUT2D eigenvalue weighted by Crippen LogP contribution is -2.46. The van der Waals surface area contributed by atoms with Gasteiger partial charge in [-0.2, -0.15) is 0 Å². The van der Waals surface area contributed by atoms with Crippen molar-refractivity contribution in [3.05, 3.63) is 59.2 Å². The van der Waals surface area contributed by atoms with E-state index < -0.39 is 11.6 Å². The summed E-state index contributed by atoms with van der Waals surface area (Å²) >= 11 is 0. The summed E-state index contributed by atoms with van der Waals surface area (Å²) in [6.45, 7) is 2.86. The summed E-state index contributed by atoms with van der Waals surface area (Å²) < 4.78 is 37.2. The Hall–Kier alpha value is -2.51. The van der Waals surface area contributed by atoms with Gasteiger partial charge in [-0.1, -0.05) is 6.07 Å². The minimum atomic E-state index is -0.825. The van der Waals surface area contributed by atoms with Crippen LogP contribution in [0, 0.1) is 11.6 Å². The van der Waals surface area contributed by atoms with E-state index in [1.54, 1.807) is 13.2 Å². The maximum atomic E-state index is 13.5. The van der Waals surface area contributed by atoms with Gasteiger partial charge in [-0.3, -0.25) is 9.69 Å². The average Bonchev–Trinajstić information content (AvgIpc) is 3.06. The Labute approximate surface area is 175 Å². The molecule has 2 aromatic rings. The van der Waals surface area contributed by atoms with Crippen LogP contribution >= 0.6 is 0 Å². The molecule has 7 heteroatoms. The number of halogens is 2. The molecule has 30 heavy (non-hydrogen) atoms. The molecule has 0 radical (unpaired) electrons. The number of nitrogens with zero attached hydrogens (tertiary/aromatic N) is 2. The molecule has 2 heterocycles. The van der Waals surface area contributed by atoms with Gasteiger partial charge in [-0.05, 0) is 67.4 Å². The monoisotopic (exact) mass is 416 g/mol. The molecular formula is C23H26F2N2O3. The van der Waals surface area contributed by atoms with Crippen LogP contribution in [0.3, 0.4) is 0 Å². The number of carbonyl (C=O) groups is 1. The van der Waals surface area contributed by atoms with Gasteiger partial charge in [0.2, 0.25) is 0 Å². The molecule has 2 aliphatic heterocycles. The number of methoxy groups -OCH3 is 2. The molecule has 0 atom stereocenters. The number of ether oxygens (including phenoxy) is 2. The molecule has 0 N–H and O–H groups in total. The van der Waals surface area contributed by atoms with Gasteiger partial charge in [0, 0.05) is 31.3 Å². The van der Waals surface area contributed by atoms with E-state index >= 15 is 0 Å². The van der Waals surface area contributed by atoms with Crippen molar-refractivity contribution in [2.45, 2.75) is 24.8 Å². The average molecular weight is 416 g/mol. The summed E-state index contributed by atoms with van der Waals surface area (Å²) in [6.07, 6.45) is 1.74. The third kappa shape index (κ3) is 3.79. The highest BCUT2D eigenvalue weighted by Crippen LogP contribution is 2.48. The first-order valence-electron chi connectivity index (χ1n) is 10.1. The molecule has 2 aliphatic rings. The first-order valence-corrected chi connectivity index (χ1v) is 10.1. The normalized spacial score (nSPS) is 17.9. The Morgan fingerprint density at radius 2 is 1.83 bits per heavy atom. The summed E-state index contributed by atoms with van der Waals surface area (Å²) in [5, 5.41) is 0. The number of rotatable bonds is 5. The number of hydrogen-bond acceptors (Lipinski definition) is 4. The number of likely N-dealkylation sites (tertiary alicyclic amines) is 1. The summed E-state index contributed by atoms with van der Waals surface area (Å²) in [4.78, 5) is 16.7. The Morgan fingerprint density at radius 1 is 1.07 bits per heavy atom. The molecule has 0 unspecified atom stereocenters. The summed E-state index contributed by atoms with van der Waals surface area (Å²) in [7, 11) is 3.16. The van der Waals surface area contributed by atoms with E-state index in [1.165, 1.54) is 19.2 Å². The van der Waals surface area contributed by atoms with Crippen LogP contribution in [0.1, 0.15) is 24.0 Å². The molecule has 0 bridgehead atoms. The van der Waals surface area contributed by atoms with Crippen molar-refractivity contribution in [1.29, 1.82) is 0 Å². The highest BCUT2D eigenvalue weighted by atomic mass is 19.2. The lowest BCUT2D eigenvalue weighted by atomic mass is 9.74. The zero-order chi connectivity index (χ0) is 21.3. The minimum absolute atomic E-state index is 0.0454. The fourth-order valence-electron chi connectivity index (χ4n) is 4.66. The van der Waals surface area contributed by atoms with Crippen LogP contribution in [0.25, 0.3) is 0 Å². The third-order valence-electron chi connectivity index (χ3n) is 6.30. The molecule has 0 saturated carbocycles. The predicted octanol–water partition coefficient (Wildman–Crippen LogP) is 3.50. The zero-order valence-electron chi connectivity index (χ0n) is 17.3. The highest BCUT2D eigenvalue weighted by Gasteiger charge is 2.46. The molecule has 5 nitrogen and oxygen atoms in total. The molecule has 0 aliphatic carbocycles. The van der Waals surface area contributed by atoms with Crippen molar-refractivity contribution in [2.75, 3.05) is 45.4 Å². The van der Waals surface area contributed by atoms with Gasteiger partial charge < -0.3 is 14.4 Å². The second kappa shape index (κ2) is 8.32. The third-order valence-corrected chi connectivity index (χ3v) is 6.30. The van der Waals surface area contributed by atoms with Crippen molar-refractivity contribution >= 4 is 11.6 Å². The molecule has 1 saturated heterocycles. The fraction of sp³-hybridized carbons (Fsp3) is 0.435. The van der Waals surface area contributed by atoms with Gasteiger partial charge in [-0.25, -0.2) is 8.78 Å². The van der Waals surface area contributed by atoms with Crippen molar-refractivity contribution in [3.63, 3.8) is 0 Å². The van der Waals surface area contributed by atoms with Crippen LogP contribution in [0.4, 0.5) is 14.5 Å². The number of fused-ring (bicyclic) bond motifs is 2. The SMILES string of the molecule is COCC(=O)N1CC2(CCN(Cc3ccc(F)c(F)c3)CC2)c2cc(OC)ccc21. The second-order valence-electron chi connectivity index (χ2n) is 8.10. The van der Waals surface area contributed by atoms with Gasteiger partial charge in [0.25, 0.3) is 5.91 Å². The fourth-order valence-corrected chi connectivity index (χ4v) is 4.66. The van der Waals surface area contributed by atoms with E-state index in [2.05, 4.69) is 4.90 Å². The minimum Gasteiger partial charge on any atom is -0.497 e. The highest BCUT2D eigenvalue weighted by molar-refractivity contribution is 5.97. The van der Waals surface area contributed by atoms with Crippen LogP contribution in [-0.4, -0.2) is 51.3 Å². The van der Waals surface area contributed by atoms with Gasteiger partial charge in [-0.15, -0.1) is 0 Å².